The summed E-state index contributed by atoms with van der Waals surface area (Å²) in [5.74, 6) is 0.659. The van der Waals surface area contributed by atoms with E-state index in [-0.39, 0.29) is 5.41 Å². The second kappa shape index (κ2) is 10.4. The Balaban J connectivity index is 1.34. The minimum Gasteiger partial charge on any atom is -0.452 e. The van der Waals surface area contributed by atoms with Crippen molar-refractivity contribution in [3.05, 3.63) is 151 Å². The van der Waals surface area contributed by atoms with Crippen LogP contribution in [0.1, 0.15) is 43.2 Å². The Bertz CT molecular complexity index is 3110. The maximum absolute atomic E-state index is 6.55. The number of para-hydroxylation sites is 1. The fourth-order valence-electron chi connectivity index (χ4n) is 10.1. The molecule has 3 aromatic heterocycles. The highest BCUT2D eigenvalue weighted by Gasteiger charge is 2.46. The molecule has 2 aliphatic rings. The highest BCUT2D eigenvalue weighted by Crippen LogP contribution is 2.61. The fraction of sp³-hybridized carbons (Fsp3) is 0.125. The zero-order valence-corrected chi connectivity index (χ0v) is 28.6. The number of hydrogen-bond donors (Lipinski definition) is 0. The van der Waals surface area contributed by atoms with E-state index < -0.39 is 0 Å². The lowest BCUT2D eigenvalue weighted by Gasteiger charge is -2.36. The lowest BCUT2D eigenvalue weighted by Crippen LogP contribution is -2.28. The second-order valence-electron chi connectivity index (χ2n) is 14.7. The van der Waals surface area contributed by atoms with Gasteiger partial charge in [0, 0.05) is 32.5 Å². The summed E-state index contributed by atoms with van der Waals surface area (Å²) in [5.41, 5.74) is 12.2. The number of hydrogen-bond acceptors (Lipinski definition) is 3. The van der Waals surface area contributed by atoms with Crippen molar-refractivity contribution in [1.82, 2.24) is 14.5 Å². The van der Waals surface area contributed by atoms with Crippen molar-refractivity contribution in [2.24, 2.45) is 0 Å². The Kier molecular flexibility index (Phi) is 5.69. The van der Waals surface area contributed by atoms with Crippen molar-refractivity contribution in [3.8, 4) is 28.3 Å². The minimum absolute atomic E-state index is 0.0523. The van der Waals surface area contributed by atoms with E-state index in [9.17, 15) is 0 Å². The molecule has 246 valence electrons. The number of furan rings is 1. The number of nitrogens with zero attached hydrogens (tertiary/aromatic N) is 3. The van der Waals surface area contributed by atoms with Crippen molar-refractivity contribution in [1.29, 1.82) is 0 Å². The third-order valence-corrected chi connectivity index (χ3v) is 12.2. The van der Waals surface area contributed by atoms with Crippen molar-refractivity contribution in [3.63, 3.8) is 0 Å². The molecule has 4 heteroatoms. The van der Waals surface area contributed by atoms with Crippen molar-refractivity contribution >= 4 is 65.4 Å². The average molecular weight is 668 g/mol. The first kappa shape index (κ1) is 28.4. The van der Waals surface area contributed by atoms with Crippen LogP contribution in [0, 0.1) is 0 Å². The van der Waals surface area contributed by atoms with Gasteiger partial charge >= 0.3 is 0 Å². The highest BCUT2D eigenvalue weighted by molar-refractivity contribution is 6.30. The molecule has 10 aromatic rings. The molecular formula is C48H33N3O. The van der Waals surface area contributed by atoms with Crippen LogP contribution in [0.4, 0.5) is 0 Å². The van der Waals surface area contributed by atoms with Crippen LogP contribution in [-0.4, -0.2) is 14.5 Å². The van der Waals surface area contributed by atoms with Crippen LogP contribution in [-0.2, 0) is 5.41 Å². The first-order chi connectivity index (χ1) is 25.8. The van der Waals surface area contributed by atoms with Crippen LogP contribution in [0.5, 0.6) is 0 Å². The van der Waals surface area contributed by atoms with E-state index in [1.807, 2.05) is 18.2 Å². The maximum atomic E-state index is 6.55. The molecule has 0 atom stereocenters. The molecule has 1 fully saturated rings. The average Bonchev–Trinajstić information content (AvgIpc) is 3.85. The van der Waals surface area contributed by atoms with Crippen LogP contribution < -0.4 is 0 Å². The molecule has 1 spiro atoms. The quantitative estimate of drug-likeness (QED) is 0.184. The summed E-state index contributed by atoms with van der Waals surface area (Å²) < 4.78 is 8.93. The zero-order valence-electron chi connectivity index (χ0n) is 28.6. The molecule has 52 heavy (non-hydrogen) atoms. The molecular weight excluding hydrogens is 635 g/mol. The molecule has 4 nitrogen and oxygen atoms in total. The molecule has 2 aliphatic carbocycles. The van der Waals surface area contributed by atoms with E-state index in [1.54, 1.807) is 0 Å². The summed E-state index contributed by atoms with van der Waals surface area (Å²) in [5, 5.41) is 8.66. The van der Waals surface area contributed by atoms with Crippen molar-refractivity contribution in [2.75, 3.05) is 0 Å². The molecule has 0 unspecified atom stereocenters. The summed E-state index contributed by atoms with van der Waals surface area (Å²) in [7, 11) is 0. The Morgan fingerprint density at radius 2 is 1.29 bits per heavy atom. The summed E-state index contributed by atoms with van der Waals surface area (Å²) in [4.78, 5) is 11.0. The van der Waals surface area contributed by atoms with Gasteiger partial charge in [0.1, 0.15) is 16.8 Å². The van der Waals surface area contributed by atoms with E-state index >= 15 is 0 Å². The molecule has 12 rings (SSSR count). The molecule has 0 amide bonds. The Morgan fingerprint density at radius 3 is 2.15 bits per heavy atom. The molecule has 0 radical (unpaired) electrons. The van der Waals surface area contributed by atoms with E-state index in [4.69, 9.17) is 14.4 Å². The lowest BCUT2D eigenvalue weighted by atomic mass is 9.66. The third-order valence-electron chi connectivity index (χ3n) is 12.2. The molecule has 0 saturated heterocycles. The van der Waals surface area contributed by atoms with Crippen molar-refractivity contribution < 1.29 is 4.42 Å². The van der Waals surface area contributed by atoms with E-state index in [0.717, 1.165) is 46.1 Å². The topological polar surface area (TPSA) is 43.9 Å². The first-order valence-corrected chi connectivity index (χ1v) is 18.6. The smallest absolute Gasteiger partial charge is 0.236 e. The lowest BCUT2D eigenvalue weighted by molar-refractivity contribution is 0.355. The standard InChI is InChI=1S/C48H33N3O/c1-3-16-30(17-4-1)43-46-44(35-22-10-12-24-38(35)52-46)50-47(49-43)51-37-26-25-29-15-5-6-18-31(29)40(37)41-42-39(32-19-7-8-20-33(32)45(41)51)34-21-9-11-23-36(34)48(42)27-13-2-14-28-48/h1,3-12,15-26H,2,13-14,27-28H2. The Labute approximate surface area is 300 Å². The van der Waals surface area contributed by atoms with Gasteiger partial charge in [-0.2, -0.15) is 0 Å². The third kappa shape index (κ3) is 3.61. The van der Waals surface area contributed by atoms with Crippen LogP contribution in [0.3, 0.4) is 0 Å². The van der Waals surface area contributed by atoms with Gasteiger partial charge in [-0.1, -0.05) is 141 Å². The van der Waals surface area contributed by atoms with Gasteiger partial charge in [0.15, 0.2) is 5.58 Å². The van der Waals surface area contributed by atoms with Crippen LogP contribution in [0.2, 0.25) is 0 Å². The van der Waals surface area contributed by atoms with Gasteiger partial charge in [-0.05, 0) is 69.5 Å². The molecule has 3 heterocycles. The van der Waals surface area contributed by atoms with E-state index in [1.165, 1.54) is 79.4 Å². The van der Waals surface area contributed by atoms with Gasteiger partial charge in [-0.25, -0.2) is 9.97 Å². The summed E-state index contributed by atoms with van der Waals surface area (Å²) in [6.45, 7) is 0. The van der Waals surface area contributed by atoms with Gasteiger partial charge in [-0.15, -0.1) is 0 Å². The summed E-state index contributed by atoms with van der Waals surface area (Å²) >= 11 is 0. The van der Waals surface area contributed by atoms with Crippen LogP contribution in [0.15, 0.2) is 144 Å². The van der Waals surface area contributed by atoms with E-state index in [2.05, 4.69) is 126 Å². The summed E-state index contributed by atoms with van der Waals surface area (Å²) in [6.07, 6.45) is 6.06. The first-order valence-electron chi connectivity index (χ1n) is 18.6. The number of rotatable bonds is 2. The van der Waals surface area contributed by atoms with Crippen LogP contribution in [0.25, 0.3) is 93.8 Å². The second-order valence-corrected chi connectivity index (χ2v) is 14.7. The van der Waals surface area contributed by atoms with Gasteiger partial charge in [-0.3, -0.25) is 4.57 Å². The minimum atomic E-state index is -0.0523. The summed E-state index contributed by atoms with van der Waals surface area (Å²) in [6, 6.07) is 50.4. The zero-order chi connectivity index (χ0) is 34.0. The number of fused-ring (bicyclic) bond motifs is 17. The molecule has 0 aliphatic heterocycles. The van der Waals surface area contributed by atoms with Gasteiger partial charge in [0.25, 0.3) is 0 Å². The molecule has 0 N–H and O–H groups in total. The van der Waals surface area contributed by atoms with Crippen LogP contribution >= 0.6 is 0 Å². The Hall–Kier alpha value is -6.26. The molecule has 7 aromatic carbocycles. The Morgan fingerprint density at radius 1 is 0.577 bits per heavy atom. The fourth-order valence-corrected chi connectivity index (χ4v) is 10.1. The van der Waals surface area contributed by atoms with E-state index in [0.29, 0.717) is 11.5 Å². The van der Waals surface area contributed by atoms with Gasteiger partial charge < -0.3 is 4.42 Å². The van der Waals surface area contributed by atoms with Crippen molar-refractivity contribution in [2.45, 2.75) is 37.5 Å². The predicted octanol–water partition coefficient (Wildman–Crippen LogP) is 12.7. The normalized spacial score (nSPS) is 15.1. The SMILES string of the molecule is c1ccc(-c2nc(-n3c4ccc5ccccc5c4c4c5c(c6ccccc6c43)-c3ccccc3C53CCCCC3)nc3c2oc2ccccc23)cc1. The molecule has 1 saturated carbocycles. The van der Waals surface area contributed by atoms with Gasteiger partial charge in [0.05, 0.1) is 11.0 Å². The predicted molar refractivity (Wildman–Crippen MR) is 213 cm³/mol. The molecule has 0 bridgehead atoms. The largest absolute Gasteiger partial charge is 0.452 e. The number of benzene rings is 7. The monoisotopic (exact) mass is 667 g/mol. The van der Waals surface area contributed by atoms with Gasteiger partial charge in [0.2, 0.25) is 5.95 Å². The maximum Gasteiger partial charge on any atom is 0.236 e. The number of aromatic nitrogens is 3. The highest BCUT2D eigenvalue weighted by atomic mass is 16.3.